The molecule has 140 valence electrons. The first-order valence-electron chi connectivity index (χ1n) is 9.98. The van der Waals surface area contributed by atoms with Crippen molar-refractivity contribution in [2.45, 2.75) is 26.2 Å². The number of aromatic nitrogens is 3. The highest BCUT2D eigenvalue weighted by molar-refractivity contribution is 7.19. The van der Waals surface area contributed by atoms with Crippen LogP contribution in [0.4, 0.5) is 5.82 Å². The predicted octanol–water partition coefficient (Wildman–Crippen LogP) is 2.21. The molecule has 5 nitrogen and oxygen atoms in total. The summed E-state index contributed by atoms with van der Waals surface area (Å²) in [7, 11) is 2.28. The summed E-state index contributed by atoms with van der Waals surface area (Å²) in [6, 6.07) is 4.02. The monoisotopic (exact) mass is 380 g/mol. The molecule has 1 fully saturated rings. The Labute approximate surface area is 164 Å². The molecule has 5 rings (SSSR count). The molecule has 0 aromatic carbocycles. The van der Waals surface area contributed by atoms with Crippen LogP contribution in [0, 0.1) is 5.92 Å². The second kappa shape index (κ2) is 6.84. The van der Waals surface area contributed by atoms with Crippen LogP contribution in [0.1, 0.15) is 23.8 Å². The molecule has 1 atom stereocenters. The lowest BCUT2D eigenvalue weighted by atomic mass is 9.89. The van der Waals surface area contributed by atoms with Crippen LogP contribution in [0.15, 0.2) is 24.5 Å². The van der Waals surface area contributed by atoms with Crippen LogP contribution >= 0.6 is 11.3 Å². The van der Waals surface area contributed by atoms with Gasteiger partial charge in [0.1, 0.15) is 10.6 Å². The van der Waals surface area contributed by atoms with Crippen LogP contribution in [0.2, 0.25) is 0 Å². The van der Waals surface area contributed by atoms with Gasteiger partial charge in [-0.25, -0.2) is 9.97 Å². The van der Waals surface area contributed by atoms with Crippen LogP contribution in [0.5, 0.6) is 0 Å². The van der Waals surface area contributed by atoms with Crippen molar-refractivity contribution in [1.82, 2.24) is 15.0 Å². The number of fused-ring (bicyclic) bond motifs is 3. The SMILES string of the molecule is C[C@@H]1CCc2c(sc3nc(-c4cccnc4)nc(N4CC[NH+](C)CC4)c23)C1. The van der Waals surface area contributed by atoms with E-state index in [-0.39, 0.29) is 0 Å². The Balaban J connectivity index is 1.69. The van der Waals surface area contributed by atoms with Crippen LogP contribution < -0.4 is 9.80 Å². The topological polar surface area (TPSA) is 46.4 Å². The van der Waals surface area contributed by atoms with Gasteiger partial charge in [0.2, 0.25) is 0 Å². The molecule has 1 aliphatic carbocycles. The van der Waals surface area contributed by atoms with Gasteiger partial charge >= 0.3 is 0 Å². The Morgan fingerprint density at radius 3 is 2.85 bits per heavy atom. The summed E-state index contributed by atoms with van der Waals surface area (Å²) in [5.74, 6) is 2.73. The lowest BCUT2D eigenvalue weighted by Crippen LogP contribution is -3.12. The number of nitrogens with zero attached hydrogens (tertiary/aromatic N) is 4. The zero-order chi connectivity index (χ0) is 18.4. The summed E-state index contributed by atoms with van der Waals surface area (Å²) >= 11 is 1.89. The van der Waals surface area contributed by atoms with Crippen molar-refractivity contribution in [1.29, 1.82) is 0 Å². The predicted molar refractivity (Wildman–Crippen MR) is 111 cm³/mol. The number of piperazine rings is 1. The fraction of sp³-hybridized carbons (Fsp3) is 0.476. The number of nitrogens with one attached hydrogen (secondary N) is 1. The molecule has 0 saturated carbocycles. The summed E-state index contributed by atoms with van der Waals surface area (Å²) in [6.45, 7) is 6.81. The average molecular weight is 381 g/mol. The molecule has 0 radical (unpaired) electrons. The Kier molecular flexibility index (Phi) is 4.32. The van der Waals surface area contributed by atoms with Crippen molar-refractivity contribution in [2.75, 3.05) is 38.1 Å². The minimum Gasteiger partial charge on any atom is -0.345 e. The number of quaternary nitrogens is 1. The maximum atomic E-state index is 5.09. The van der Waals surface area contributed by atoms with Gasteiger partial charge in [-0.1, -0.05) is 6.92 Å². The highest BCUT2D eigenvalue weighted by Crippen LogP contribution is 2.41. The van der Waals surface area contributed by atoms with E-state index in [1.54, 1.807) is 11.1 Å². The van der Waals surface area contributed by atoms with E-state index < -0.39 is 0 Å². The Bertz CT molecular complexity index is 960. The standard InChI is InChI=1S/C21H25N5S/c1-14-5-6-16-17(12-14)27-21-18(16)20(26-10-8-25(2)9-11-26)23-19(24-21)15-4-3-7-22-13-15/h3-4,7,13-14H,5-6,8-12H2,1-2H3/p+1/t14-/m1/s1. The van der Waals surface area contributed by atoms with Crippen molar-refractivity contribution in [3.8, 4) is 11.4 Å². The fourth-order valence-corrected chi connectivity index (χ4v) is 5.65. The molecule has 1 aliphatic heterocycles. The fourth-order valence-electron chi connectivity index (χ4n) is 4.28. The van der Waals surface area contributed by atoms with E-state index >= 15 is 0 Å². The Morgan fingerprint density at radius 2 is 2.07 bits per heavy atom. The van der Waals surface area contributed by atoms with Gasteiger partial charge in [-0.3, -0.25) is 4.98 Å². The van der Waals surface area contributed by atoms with Crippen LogP contribution in [-0.4, -0.2) is 48.2 Å². The van der Waals surface area contributed by atoms with E-state index in [1.807, 2.05) is 23.6 Å². The van der Waals surface area contributed by atoms with Gasteiger partial charge in [-0.15, -0.1) is 11.3 Å². The van der Waals surface area contributed by atoms with Crippen molar-refractivity contribution >= 4 is 27.4 Å². The van der Waals surface area contributed by atoms with Crippen LogP contribution in [-0.2, 0) is 12.8 Å². The smallest absolute Gasteiger partial charge is 0.164 e. The average Bonchev–Trinajstić information content (AvgIpc) is 3.06. The lowest BCUT2D eigenvalue weighted by molar-refractivity contribution is -0.880. The van der Waals surface area contributed by atoms with Gasteiger partial charge in [0.05, 0.1) is 38.6 Å². The third-order valence-electron chi connectivity index (χ3n) is 5.97. The van der Waals surface area contributed by atoms with Crippen molar-refractivity contribution in [3.63, 3.8) is 0 Å². The second-order valence-corrected chi connectivity index (χ2v) is 9.17. The lowest BCUT2D eigenvalue weighted by Gasteiger charge is -2.31. The quantitative estimate of drug-likeness (QED) is 0.741. The number of thiophene rings is 1. The largest absolute Gasteiger partial charge is 0.345 e. The summed E-state index contributed by atoms with van der Waals surface area (Å²) < 4.78 is 0. The summed E-state index contributed by atoms with van der Waals surface area (Å²) in [5, 5.41) is 1.33. The molecule has 0 spiro atoms. The molecular formula is C21H26N5S+. The molecule has 0 bridgehead atoms. The van der Waals surface area contributed by atoms with E-state index in [2.05, 4.69) is 29.9 Å². The highest BCUT2D eigenvalue weighted by Gasteiger charge is 2.28. The number of hydrogen-bond acceptors (Lipinski definition) is 5. The molecule has 6 heteroatoms. The number of pyridine rings is 1. The van der Waals surface area contributed by atoms with E-state index in [4.69, 9.17) is 9.97 Å². The number of rotatable bonds is 2. The molecule has 3 aromatic rings. The molecule has 0 unspecified atom stereocenters. The van der Waals surface area contributed by atoms with Crippen molar-refractivity contribution in [3.05, 3.63) is 35.0 Å². The second-order valence-electron chi connectivity index (χ2n) is 8.09. The summed E-state index contributed by atoms with van der Waals surface area (Å²) in [4.78, 5) is 21.1. The molecular weight excluding hydrogens is 354 g/mol. The highest BCUT2D eigenvalue weighted by atomic mass is 32.1. The first-order chi connectivity index (χ1) is 13.2. The third-order valence-corrected chi connectivity index (χ3v) is 7.12. The van der Waals surface area contributed by atoms with Crippen molar-refractivity contribution < 1.29 is 4.90 Å². The number of hydrogen-bond donors (Lipinski definition) is 1. The normalized spacial score (nSPS) is 20.8. The minimum absolute atomic E-state index is 0.770. The summed E-state index contributed by atoms with van der Waals surface area (Å²) in [5.41, 5.74) is 2.52. The van der Waals surface area contributed by atoms with E-state index in [0.717, 1.165) is 60.6 Å². The summed E-state index contributed by atoms with van der Waals surface area (Å²) in [6.07, 6.45) is 7.30. The van der Waals surface area contributed by atoms with E-state index in [9.17, 15) is 0 Å². The Morgan fingerprint density at radius 1 is 1.22 bits per heavy atom. The molecule has 4 heterocycles. The van der Waals surface area contributed by atoms with Gasteiger partial charge in [-0.2, -0.15) is 0 Å². The molecule has 2 aliphatic rings. The molecule has 27 heavy (non-hydrogen) atoms. The maximum Gasteiger partial charge on any atom is 0.164 e. The number of likely N-dealkylation sites (N-methyl/N-ethyl adjacent to an activating group) is 1. The van der Waals surface area contributed by atoms with Crippen LogP contribution in [0.25, 0.3) is 21.6 Å². The first kappa shape index (κ1) is 17.1. The van der Waals surface area contributed by atoms with Gasteiger partial charge < -0.3 is 9.80 Å². The third kappa shape index (κ3) is 3.11. The Hall–Kier alpha value is -2.05. The van der Waals surface area contributed by atoms with Gasteiger partial charge in [0.25, 0.3) is 0 Å². The van der Waals surface area contributed by atoms with Gasteiger partial charge in [0, 0.05) is 22.8 Å². The van der Waals surface area contributed by atoms with Gasteiger partial charge in [0.15, 0.2) is 5.82 Å². The van der Waals surface area contributed by atoms with E-state index in [1.165, 1.54) is 28.7 Å². The number of aryl methyl sites for hydroxylation is 1. The van der Waals surface area contributed by atoms with Gasteiger partial charge in [-0.05, 0) is 42.9 Å². The van der Waals surface area contributed by atoms with Crippen LogP contribution in [0.3, 0.4) is 0 Å². The zero-order valence-electron chi connectivity index (χ0n) is 16.0. The number of anilines is 1. The first-order valence-corrected chi connectivity index (χ1v) is 10.8. The minimum atomic E-state index is 0.770. The molecule has 1 saturated heterocycles. The van der Waals surface area contributed by atoms with E-state index in [0.29, 0.717) is 0 Å². The molecule has 1 N–H and O–H groups in total. The zero-order valence-corrected chi connectivity index (χ0v) is 16.9. The molecule has 0 amide bonds. The maximum absolute atomic E-state index is 5.09. The van der Waals surface area contributed by atoms with Crippen molar-refractivity contribution in [2.24, 2.45) is 5.92 Å². The molecule has 3 aromatic heterocycles.